The SMILES string of the molecule is C=CC1(c2ccccc2SC)C(Cl)=CN=CC1(Cl)OC1CCCC1. The van der Waals surface area contributed by atoms with Gasteiger partial charge in [-0.15, -0.1) is 18.3 Å². The predicted octanol–water partition coefficient (Wildman–Crippen LogP) is 5.89. The number of thioether (sulfide) groups is 1. The van der Waals surface area contributed by atoms with Gasteiger partial charge in [-0.1, -0.05) is 60.3 Å². The molecule has 24 heavy (non-hydrogen) atoms. The molecule has 0 saturated heterocycles. The molecule has 3 rings (SSSR count). The molecule has 0 aromatic heterocycles. The Morgan fingerprint density at radius 3 is 2.71 bits per heavy atom. The van der Waals surface area contributed by atoms with E-state index in [1.54, 1.807) is 30.3 Å². The molecule has 2 nitrogen and oxygen atoms in total. The van der Waals surface area contributed by atoms with Crippen LogP contribution in [-0.2, 0) is 10.2 Å². The van der Waals surface area contributed by atoms with E-state index >= 15 is 0 Å². The summed E-state index contributed by atoms with van der Waals surface area (Å²) in [4.78, 5) is 5.34. The Kier molecular flexibility index (Phi) is 5.45. The minimum absolute atomic E-state index is 0.122. The predicted molar refractivity (Wildman–Crippen MR) is 104 cm³/mol. The summed E-state index contributed by atoms with van der Waals surface area (Å²) in [5.41, 5.74) is 0.132. The largest absolute Gasteiger partial charge is 0.350 e. The molecule has 1 aromatic carbocycles. The zero-order valence-corrected chi connectivity index (χ0v) is 16.0. The summed E-state index contributed by atoms with van der Waals surface area (Å²) in [6, 6.07) is 8.10. The van der Waals surface area contributed by atoms with Crippen LogP contribution >= 0.6 is 35.0 Å². The lowest BCUT2D eigenvalue weighted by Crippen LogP contribution is -2.53. The fraction of sp³-hybridized carbons (Fsp3) is 0.421. The van der Waals surface area contributed by atoms with E-state index in [2.05, 4.69) is 17.6 Å². The van der Waals surface area contributed by atoms with E-state index < -0.39 is 10.5 Å². The number of rotatable bonds is 5. The van der Waals surface area contributed by atoms with Gasteiger partial charge in [0.1, 0.15) is 0 Å². The van der Waals surface area contributed by atoms with Gasteiger partial charge in [-0.25, -0.2) is 0 Å². The van der Waals surface area contributed by atoms with Gasteiger partial charge in [-0.05, 0) is 30.7 Å². The number of alkyl halides is 1. The number of halogens is 2. The molecule has 5 heteroatoms. The van der Waals surface area contributed by atoms with Crippen LogP contribution < -0.4 is 0 Å². The fourth-order valence-corrected chi connectivity index (χ4v) is 5.12. The van der Waals surface area contributed by atoms with Crippen LogP contribution in [0.4, 0.5) is 0 Å². The second kappa shape index (κ2) is 7.25. The van der Waals surface area contributed by atoms with Crippen molar-refractivity contribution in [3.63, 3.8) is 0 Å². The van der Waals surface area contributed by atoms with E-state index in [0.29, 0.717) is 5.03 Å². The highest BCUT2D eigenvalue weighted by molar-refractivity contribution is 7.98. The maximum atomic E-state index is 7.06. The molecule has 1 saturated carbocycles. The number of hydrogen-bond donors (Lipinski definition) is 0. The normalized spacial score (nSPS) is 30.4. The minimum atomic E-state index is -1.18. The van der Waals surface area contributed by atoms with Crippen LogP contribution in [-0.4, -0.2) is 23.6 Å². The molecule has 0 amide bonds. The summed E-state index contributed by atoms with van der Waals surface area (Å²) < 4.78 is 6.38. The molecule has 1 aliphatic heterocycles. The third-order valence-electron chi connectivity index (χ3n) is 4.82. The quantitative estimate of drug-likeness (QED) is 0.360. The smallest absolute Gasteiger partial charge is 0.195 e. The molecular weight excluding hydrogens is 361 g/mol. The summed E-state index contributed by atoms with van der Waals surface area (Å²) in [5, 5.41) is -0.656. The van der Waals surface area contributed by atoms with E-state index in [1.165, 1.54) is 12.8 Å². The van der Waals surface area contributed by atoms with Crippen LogP contribution in [0.3, 0.4) is 0 Å². The third kappa shape index (κ3) is 2.86. The monoisotopic (exact) mass is 381 g/mol. The molecule has 1 aliphatic carbocycles. The second-order valence-electron chi connectivity index (χ2n) is 6.14. The average molecular weight is 382 g/mol. The van der Waals surface area contributed by atoms with Crippen LogP contribution in [0, 0.1) is 0 Å². The van der Waals surface area contributed by atoms with Crippen molar-refractivity contribution in [1.29, 1.82) is 0 Å². The summed E-state index contributed by atoms with van der Waals surface area (Å²) in [6.45, 7) is 4.07. The van der Waals surface area contributed by atoms with E-state index in [0.717, 1.165) is 23.3 Å². The second-order valence-corrected chi connectivity index (χ2v) is 7.95. The highest BCUT2D eigenvalue weighted by Crippen LogP contribution is 2.53. The molecule has 2 aliphatic rings. The zero-order valence-electron chi connectivity index (χ0n) is 13.7. The number of aliphatic imine (C=N–C) groups is 1. The molecule has 128 valence electrons. The van der Waals surface area contributed by atoms with Gasteiger partial charge in [0.05, 0.1) is 22.8 Å². The molecule has 0 N–H and O–H groups in total. The maximum absolute atomic E-state index is 7.06. The van der Waals surface area contributed by atoms with Crippen LogP contribution in [0.2, 0.25) is 0 Å². The summed E-state index contributed by atoms with van der Waals surface area (Å²) in [6.07, 6.45) is 11.6. The lowest BCUT2D eigenvalue weighted by Gasteiger charge is -2.45. The molecule has 0 radical (unpaired) electrons. The Bertz CT molecular complexity index is 684. The van der Waals surface area contributed by atoms with Crippen molar-refractivity contribution in [2.75, 3.05) is 6.26 Å². The van der Waals surface area contributed by atoms with Crippen molar-refractivity contribution >= 4 is 41.2 Å². The van der Waals surface area contributed by atoms with Crippen LogP contribution in [0.25, 0.3) is 0 Å². The maximum Gasteiger partial charge on any atom is 0.195 e. The van der Waals surface area contributed by atoms with E-state index in [-0.39, 0.29) is 6.10 Å². The number of benzene rings is 1. The molecule has 0 spiro atoms. The Morgan fingerprint density at radius 1 is 1.33 bits per heavy atom. The zero-order chi connectivity index (χ0) is 17.2. The van der Waals surface area contributed by atoms with Crippen molar-refractivity contribution in [1.82, 2.24) is 0 Å². The summed E-state index contributed by atoms with van der Waals surface area (Å²) in [5.74, 6) is 0. The van der Waals surface area contributed by atoms with Gasteiger partial charge in [0.2, 0.25) is 0 Å². The molecular formula is C19H21Cl2NOS. The van der Waals surface area contributed by atoms with Gasteiger partial charge in [-0.2, -0.15) is 0 Å². The lowest BCUT2D eigenvalue weighted by molar-refractivity contribution is -0.0190. The molecule has 1 aromatic rings. The molecule has 2 unspecified atom stereocenters. The van der Waals surface area contributed by atoms with Crippen molar-refractivity contribution in [2.24, 2.45) is 4.99 Å². The van der Waals surface area contributed by atoms with Crippen molar-refractivity contribution in [3.8, 4) is 0 Å². The van der Waals surface area contributed by atoms with Crippen molar-refractivity contribution in [2.45, 2.75) is 47.2 Å². The summed E-state index contributed by atoms with van der Waals surface area (Å²) >= 11 is 15.4. The minimum Gasteiger partial charge on any atom is -0.350 e. The van der Waals surface area contributed by atoms with Gasteiger partial charge in [-0.3, -0.25) is 4.99 Å². The van der Waals surface area contributed by atoms with Gasteiger partial charge >= 0.3 is 0 Å². The third-order valence-corrected chi connectivity index (χ3v) is 6.50. The number of ether oxygens (including phenoxy) is 1. The standard InChI is InChI=1S/C19H21Cl2NOS/c1-3-18(15-10-6-7-11-16(15)24-2)17(20)12-22-13-19(18,21)23-14-8-4-5-9-14/h3,6-7,10-14H,1,4-5,8-9H2,2H3. The van der Waals surface area contributed by atoms with Gasteiger partial charge in [0.15, 0.2) is 5.06 Å². The first-order valence-electron chi connectivity index (χ1n) is 8.11. The first-order chi connectivity index (χ1) is 11.6. The van der Waals surface area contributed by atoms with Crippen molar-refractivity contribution < 1.29 is 4.74 Å². The lowest BCUT2D eigenvalue weighted by atomic mass is 9.74. The average Bonchev–Trinajstić information content (AvgIpc) is 3.08. The highest BCUT2D eigenvalue weighted by atomic mass is 35.5. The van der Waals surface area contributed by atoms with Crippen LogP contribution in [0.15, 0.2) is 58.0 Å². The van der Waals surface area contributed by atoms with Gasteiger partial charge in [0, 0.05) is 11.1 Å². The summed E-state index contributed by atoms with van der Waals surface area (Å²) in [7, 11) is 0. The van der Waals surface area contributed by atoms with Crippen molar-refractivity contribution in [3.05, 3.63) is 53.7 Å². The van der Waals surface area contributed by atoms with Crippen LogP contribution in [0.5, 0.6) is 0 Å². The van der Waals surface area contributed by atoms with Gasteiger partial charge in [0.25, 0.3) is 0 Å². The molecule has 0 bridgehead atoms. The number of hydrogen-bond acceptors (Lipinski definition) is 3. The van der Waals surface area contributed by atoms with E-state index in [4.69, 9.17) is 27.9 Å². The van der Waals surface area contributed by atoms with E-state index in [9.17, 15) is 0 Å². The molecule has 1 heterocycles. The Balaban J connectivity index is 2.14. The number of nitrogens with zero attached hydrogens (tertiary/aromatic N) is 1. The fourth-order valence-electron chi connectivity index (χ4n) is 3.57. The van der Waals surface area contributed by atoms with Crippen LogP contribution in [0.1, 0.15) is 31.2 Å². The van der Waals surface area contributed by atoms with Gasteiger partial charge < -0.3 is 4.74 Å². The topological polar surface area (TPSA) is 21.6 Å². The highest BCUT2D eigenvalue weighted by Gasteiger charge is 2.55. The molecule has 2 atom stereocenters. The Labute approximate surface area is 158 Å². The first-order valence-corrected chi connectivity index (χ1v) is 10.1. The first kappa shape index (κ1) is 18.1. The Morgan fingerprint density at radius 2 is 2.04 bits per heavy atom. The Hall–Kier alpha value is -0.740. The molecule has 1 fully saturated rings. The van der Waals surface area contributed by atoms with E-state index in [1.807, 2.05) is 24.5 Å².